The lowest BCUT2D eigenvalue weighted by atomic mass is 10.1. The molecule has 1 fully saturated rings. The molecule has 2 aromatic heterocycles. The third-order valence-corrected chi connectivity index (χ3v) is 4.28. The number of ether oxygens (including phenoxy) is 3. The summed E-state index contributed by atoms with van der Waals surface area (Å²) in [4.78, 5) is 24.3. The molecule has 0 spiro atoms. The number of methoxy groups -OCH3 is 1. The van der Waals surface area contributed by atoms with E-state index in [1.807, 2.05) is 6.92 Å². The van der Waals surface area contributed by atoms with Crippen LogP contribution in [0.2, 0.25) is 0 Å². The molecule has 26 heavy (non-hydrogen) atoms. The zero-order valence-electron chi connectivity index (χ0n) is 14.6. The Morgan fingerprint density at radius 3 is 2.88 bits per heavy atom. The van der Waals surface area contributed by atoms with E-state index in [1.54, 1.807) is 0 Å². The SMILES string of the molecule is CCCCC(=O)O[C@H]1[C@H](O)[C@H](n2cnc3c(OC)ncnc32)O[C@@H]1CO. The number of aromatic nitrogens is 4. The molecule has 4 atom stereocenters. The van der Waals surface area contributed by atoms with Crippen molar-refractivity contribution in [1.29, 1.82) is 0 Å². The van der Waals surface area contributed by atoms with E-state index >= 15 is 0 Å². The van der Waals surface area contributed by atoms with Crippen molar-refractivity contribution >= 4 is 17.1 Å². The molecule has 0 bridgehead atoms. The summed E-state index contributed by atoms with van der Waals surface area (Å²) < 4.78 is 17.7. The van der Waals surface area contributed by atoms with Gasteiger partial charge in [0, 0.05) is 6.42 Å². The van der Waals surface area contributed by atoms with Crippen LogP contribution >= 0.6 is 0 Å². The largest absolute Gasteiger partial charge is 0.479 e. The van der Waals surface area contributed by atoms with E-state index in [4.69, 9.17) is 14.2 Å². The van der Waals surface area contributed by atoms with E-state index < -0.39 is 37.1 Å². The van der Waals surface area contributed by atoms with Crippen LogP contribution < -0.4 is 4.74 Å². The van der Waals surface area contributed by atoms with Crippen molar-refractivity contribution < 1.29 is 29.2 Å². The molecule has 0 amide bonds. The lowest BCUT2D eigenvalue weighted by Gasteiger charge is -2.20. The van der Waals surface area contributed by atoms with Crippen LogP contribution in [-0.2, 0) is 14.3 Å². The van der Waals surface area contributed by atoms with Crippen molar-refractivity contribution in [3.63, 3.8) is 0 Å². The molecule has 3 heterocycles. The van der Waals surface area contributed by atoms with Gasteiger partial charge in [-0.3, -0.25) is 9.36 Å². The van der Waals surface area contributed by atoms with Crippen LogP contribution in [0.3, 0.4) is 0 Å². The molecule has 0 unspecified atom stereocenters. The van der Waals surface area contributed by atoms with E-state index in [1.165, 1.54) is 24.3 Å². The Kier molecular flexibility index (Phi) is 5.64. The third-order valence-electron chi connectivity index (χ3n) is 4.28. The van der Waals surface area contributed by atoms with Crippen LogP contribution in [0.1, 0.15) is 32.4 Å². The van der Waals surface area contributed by atoms with Crippen LogP contribution in [0.25, 0.3) is 11.2 Å². The van der Waals surface area contributed by atoms with Crippen molar-refractivity contribution in [2.75, 3.05) is 13.7 Å². The number of hydrogen-bond acceptors (Lipinski definition) is 9. The highest BCUT2D eigenvalue weighted by Gasteiger charge is 2.47. The Morgan fingerprint density at radius 2 is 2.19 bits per heavy atom. The molecular formula is C16H22N4O6. The Bertz CT molecular complexity index is 766. The highest BCUT2D eigenvalue weighted by atomic mass is 16.6. The molecule has 10 nitrogen and oxygen atoms in total. The Labute approximate surface area is 149 Å². The summed E-state index contributed by atoms with van der Waals surface area (Å²) in [6.07, 6.45) is 0.624. The molecule has 0 saturated carbocycles. The summed E-state index contributed by atoms with van der Waals surface area (Å²) >= 11 is 0. The van der Waals surface area contributed by atoms with Crippen molar-refractivity contribution in [3.8, 4) is 5.88 Å². The topological polar surface area (TPSA) is 129 Å². The van der Waals surface area contributed by atoms with Gasteiger partial charge in [-0.15, -0.1) is 0 Å². The van der Waals surface area contributed by atoms with Gasteiger partial charge in [0.25, 0.3) is 0 Å². The average Bonchev–Trinajstić information content (AvgIpc) is 3.21. The van der Waals surface area contributed by atoms with Gasteiger partial charge in [-0.2, -0.15) is 4.98 Å². The molecule has 142 valence electrons. The average molecular weight is 366 g/mol. The Hall–Kier alpha value is -2.30. The molecule has 1 aliphatic heterocycles. The van der Waals surface area contributed by atoms with Gasteiger partial charge in [0.1, 0.15) is 18.5 Å². The zero-order chi connectivity index (χ0) is 18.7. The fourth-order valence-electron chi connectivity index (χ4n) is 2.94. The van der Waals surface area contributed by atoms with Gasteiger partial charge >= 0.3 is 5.97 Å². The van der Waals surface area contributed by atoms with Gasteiger partial charge in [-0.25, -0.2) is 9.97 Å². The Balaban J connectivity index is 1.84. The minimum absolute atomic E-state index is 0.251. The third kappa shape index (κ3) is 3.35. The van der Waals surface area contributed by atoms with Crippen molar-refractivity contribution in [3.05, 3.63) is 12.7 Å². The van der Waals surface area contributed by atoms with Crippen molar-refractivity contribution in [2.24, 2.45) is 0 Å². The first-order chi connectivity index (χ1) is 12.6. The lowest BCUT2D eigenvalue weighted by Crippen LogP contribution is -2.37. The van der Waals surface area contributed by atoms with Gasteiger partial charge in [0.2, 0.25) is 5.88 Å². The molecule has 1 aliphatic rings. The van der Waals surface area contributed by atoms with Gasteiger partial charge in [-0.05, 0) is 6.42 Å². The number of unbranched alkanes of at least 4 members (excludes halogenated alkanes) is 1. The van der Waals surface area contributed by atoms with Gasteiger partial charge in [-0.1, -0.05) is 13.3 Å². The number of fused-ring (bicyclic) bond motifs is 1. The van der Waals surface area contributed by atoms with Crippen LogP contribution in [0, 0.1) is 0 Å². The minimum Gasteiger partial charge on any atom is -0.479 e. The number of nitrogens with zero attached hydrogens (tertiary/aromatic N) is 4. The standard InChI is InChI=1S/C16H22N4O6/c1-3-4-5-10(22)26-13-9(6-21)25-16(12(13)23)20-8-19-11-14(20)17-7-18-15(11)24-2/h7-9,12-13,16,21,23H,3-6H2,1-2H3/t9-,12+,13-,16-/m1/s1. The number of rotatable bonds is 7. The molecule has 0 aromatic carbocycles. The predicted molar refractivity (Wildman–Crippen MR) is 88.3 cm³/mol. The van der Waals surface area contributed by atoms with Gasteiger partial charge < -0.3 is 24.4 Å². The first-order valence-corrected chi connectivity index (χ1v) is 8.46. The summed E-state index contributed by atoms with van der Waals surface area (Å²) in [6, 6.07) is 0. The first-order valence-electron chi connectivity index (χ1n) is 8.46. The van der Waals surface area contributed by atoms with Crippen molar-refractivity contribution in [2.45, 2.75) is 50.7 Å². The van der Waals surface area contributed by atoms with Crippen LogP contribution in [0.5, 0.6) is 5.88 Å². The van der Waals surface area contributed by atoms with E-state index in [-0.39, 0.29) is 6.42 Å². The van der Waals surface area contributed by atoms with Crippen LogP contribution in [0.4, 0.5) is 0 Å². The minimum atomic E-state index is -1.18. The fourth-order valence-corrected chi connectivity index (χ4v) is 2.94. The van der Waals surface area contributed by atoms with Crippen molar-refractivity contribution in [1.82, 2.24) is 19.5 Å². The molecule has 3 rings (SSSR count). The maximum Gasteiger partial charge on any atom is 0.306 e. The maximum absolute atomic E-state index is 11.9. The lowest BCUT2D eigenvalue weighted by molar-refractivity contribution is -0.156. The summed E-state index contributed by atoms with van der Waals surface area (Å²) in [7, 11) is 1.47. The highest BCUT2D eigenvalue weighted by Crippen LogP contribution is 2.34. The summed E-state index contributed by atoms with van der Waals surface area (Å²) in [6.45, 7) is 1.57. The molecule has 1 saturated heterocycles. The number of aliphatic hydroxyl groups excluding tert-OH is 2. The second kappa shape index (κ2) is 7.94. The quantitative estimate of drug-likeness (QED) is 0.660. The molecule has 2 N–H and O–H groups in total. The maximum atomic E-state index is 11.9. The van der Waals surface area contributed by atoms with Crippen LogP contribution in [0.15, 0.2) is 12.7 Å². The predicted octanol–water partition coefficient (Wildman–Crippen LogP) is 0.187. The number of carbonyl (C=O) groups excluding carboxylic acids is 1. The second-order valence-electron chi connectivity index (χ2n) is 6.00. The number of carbonyl (C=O) groups is 1. The summed E-state index contributed by atoms with van der Waals surface area (Å²) in [5.74, 6) is -0.138. The normalized spacial score (nSPS) is 25.5. The first kappa shape index (κ1) is 18.5. The molecule has 0 aliphatic carbocycles. The summed E-state index contributed by atoms with van der Waals surface area (Å²) in [5, 5.41) is 20.2. The molecule has 10 heteroatoms. The summed E-state index contributed by atoms with van der Waals surface area (Å²) in [5.41, 5.74) is 0.810. The smallest absolute Gasteiger partial charge is 0.306 e. The number of esters is 1. The van der Waals surface area contributed by atoms with Gasteiger partial charge in [0.05, 0.1) is 20.0 Å². The Morgan fingerprint density at radius 1 is 1.38 bits per heavy atom. The second-order valence-corrected chi connectivity index (χ2v) is 6.00. The van der Waals surface area contributed by atoms with Crippen LogP contribution in [-0.4, -0.2) is 67.7 Å². The van der Waals surface area contributed by atoms with Gasteiger partial charge in [0.15, 0.2) is 23.5 Å². The molecule has 0 radical (unpaired) electrons. The monoisotopic (exact) mass is 366 g/mol. The fraction of sp³-hybridized carbons (Fsp3) is 0.625. The van der Waals surface area contributed by atoms with E-state index in [0.717, 1.165) is 6.42 Å². The number of hydrogen-bond donors (Lipinski definition) is 2. The number of imidazole rings is 1. The molecular weight excluding hydrogens is 344 g/mol. The number of aliphatic hydroxyl groups is 2. The highest BCUT2D eigenvalue weighted by molar-refractivity contribution is 5.76. The van der Waals surface area contributed by atoms with E-state index in [0.29, 0.717) is 23.5 Å². The molecule has 2 aromatic rings. The van der Waals surface area contributed by atoms with E-state index in [9.17, 15) is 15.0 Å². The zero-order valence-corrected chi connectivity index (χ0v) is 14.6. The van der Waals surface area contributed by atoms with E-state index in [2.05, 4.69) is 15.0 Å².